The van der Waals surface area contributed by atoms with Gasteiger partial charge in [0.15, 0.2) is 9.84 Å². The van der Waals surface area contributed by atoms with Gasteiger partial charge in [-0.1, -0.05) is 0 Å². The van der Waals surface area contributed by atoms with Crippen LogP contribution in [0.2, 0.25) is 0 Å². The first-order valence-electron chi connectivity index (χ1n) is 4.73. The lowest BCUT2D eigenvalue weighted by atomic mass is 10.2. The predicted octanol–water partition coefficient (Wildman–Crippen LogP) is -0.923. The maximum atomic E-state index is 11.4. The van der Waals surface area contributed by atoms with Crippen molar-refractivity contribution in [2.45, 2.75) is 17.7 Å². The fraction of sp³-hybridized carbons (Fsp3) is 1.00. The highest BCUT2D eigenvalue weighted by Gasteiger charge is 2.47. The number of hydrogen-bond acceptors (Lipinski definition) is 4. The third-order valence-corrected chi connectivity index (χ3v) is 5.28. The molecule has 5 heteroatoms. The summed E-state index contributed by atoms with van der Waals surface area (Å²) in [7, 11) is -0.786. The molecule has 0 aromatic carbocycles. The van der Waals surface area contributed by atoms with Gasteiger partial charge in [0.2, 0.25) is 0 Å². The van der Waals surface area contributed by atoms with Crippen LogP contribution in [-0.4, -0.2) is 57.0 Å². The van der Waals surface area contributed by atoms with Crippen molar-refractivity contribution in [1.82, 2.24) is 10.2 Å². The maximum absolute atomic E-state index is 11.4. The fourth-order valence-electron chi connectivity index (χ4n) is 2.30. The smallest absolute Gasteiger partial charge is 0.156 e. The van der Waals surface area contributed by atoms with Gasteiger partial charge in [-0.05, 0) is 13.5 Å². The Kier molecular flexibility index (Phi) is 2.33. The largest absolute Gasteiger partial charge is 0.318 e. The molecule has 2 rings (SSSR count). The van der Waals surface area contributed by atoms with E-state index in [4.69, 9.17) is 0 Å². The molecule has 2 atom stereocenters. The van der Waals surface area contributed by atoms with Crippen LogP contribution >= 0.6 is 0 Å². The van der Waals surface area contributed by atoms with E-state index in [0.29, 0.717) is 11.8 Å². The SMILES string of the molecule is CNCCN1CC2CC1CS2(=O)=O. The highest BCUT2D eigenvalue weighted by molar-refractivity contribution is 7.92. The van der Waals surface area contributed by atoms with Crippen LogP contribution < -0.4 is 5.32 Å². The lowest BCUT2D eigenvalue weighted by Gasteiger charge is -2.26. The molecule has 0 spiro atoms. The van der Waals surface area contributed by atoms with E-state index in [-0.39, 0.29) is 5.25 Å². The Bertz CT molecular complexity index is 289. The van der Waals surface area contributed by atoms with Crippen LogP contribution in [0, 0.1) is 0 Å². The molecule has 2 saturated heterocycles. The molecule has 2 fully saturated rings. The summed E-state index contributed by atoms with van der Waals surface area (Å²) in [5, 5.41) is 3.02. The van der Waals surface area contributed by atoms with E-state index in [1.54, 1.807) is 0 Å². The molecule has 0 aliphatic carbocycles. The van der Waals surface area contributed by atoms with Gasteiger partial charge >= 0.3 is 0 Å². The van der Waals surface area contributed by atoms with Gasteiger partial charge in [-0.25, -0.2) is 8.42 Å². The summed E-state index contributed by atoms with van der Waals surface area (Å²) in [6, 6.07) is 0.309. The summed E-state index contributed by atoms with van der Waals surface area (Å²) in [6.07, 6.45) is 0.867. The van der Waals surface area contributed by atoms with E-state index >= 15 is 0 Å². The minimum absolute atomic E-state index is 0.0608. The van der Waals surface area contributed by atoms with Crippen LogP contribution in [0.5, 0.6) is 0 Å². The van der Waals surface area contributed by atoms with Gasteiger partial charge in [0.1, 0.15) is 0 Å². The average molecular weight is 204 g/mol. The number of nitrogens with zero attached hydrogens (tertiary/aromatic N) is 1. The van der Waals surface area contributed by atoms with Gasteiger partial charge < -0.3 is 5.32 Å². The number of hydrogen-bond donors (Lipinski definition) is 1. The molecule has 2 aliphatic rings. The monoisotopic (exact) mass is 204 g/mol. The molecule has 13 heavy (non-hydrogen) atoms. The lowest BCUT2D eigenvalue weighted by molar-refractivity contribution is 0.267. The Morgan fingerprint density at radius 3 is 2.77 bits per heavy atom. The summed E-state index contributed by atoms with van der Waals surface area (Å²) in [4.78, 5) is 2.29. The van der Waals surface area contributed by atoms with Crippen molar-refractivity contribution in [3.8, 4) is 0 Å². The van der Waals surface area contributed by atoms with Gasteiger partial charge in [-0.2, -0.15) is 0 Å². The molecule has 1 N–H and O–H groups in total. The van der Waals surface area contributed by atoms with Crippen molar-refractivity contribution in [1.29, 1.82) is 0 Å². The summed E-state index contributed by atoms with van der Waals surface area (Å²) >= 11 is 0. The molecule has 2 bridgehead atoms. The number of nitrogens with one attached hydrogen (secondary N) is 1. The van der Waals surface area contributed by atoms with Gasteiger partial charge in [-0.3, -0.25) is 4.90 Å². The number of fused-ring (bicyclic) bond motifs is 2. The van der Waals surface area contributed by atoms with Gasteiger partial charge in [0.25, 0.3) is 0 Å². The molecule has 0 saturated carbocycles. The molecule has 2 unspecified atom stereocenters. The van der Waals surface area contributed by atoms with Crippen molar-refractivity contribution in [2.75, 3.05) is 32.4 Å². The second-order valence-corrected chi connectivity index (χ2v) is 6.27. The van der Waals surface area contributed by atoms with E-state index in [2.05, 4.69) is 10.2 Å². The first-order chi connectivity index (χ1) is 6.13. The Labute approximate surface area is 79.2 Å². The second-order valence-electron chi connectivity index (χ2n) is 3.94. The van der Waals surface area contributed by atoms with Crippen LogP contribution in [0.25, 0.3) is 0 Å². The molecule has 76 valence electrons. The van der Waals surface area contributed by atoms with E-state index in [0.717, 1.165) is 26.1 Å². The predicted molar refractivity (Wildman–Crippen MR) is 51.5 cm³/mol. The number of likely N-dealkylation sites (tertiary alicyclic amines) is 1. The summed E-state index contributed by atoms with van der Waals surface area (Å²) in [5.74, 6) is 0.390. The zero-order chi connectivity index (χ0) is 9.47. The van der Waals surface area contributed by atoms with Gasteiger partial charge in [0, 0.05) is 25.7 Å². The number of likely N-dealkylation sites (N-methyl/N-ethyl adjacent to an activating group) is 1. The van der Waals surface area contributed by atoms with Crippen LogP contribution in [-0.2, 0) is 9.84 Å². The topological polar surface area (TPSA) is 49.4 Å². The Morgan fingerprint density at radius 2 is 2.31 bits per heavy atom. The number of rotatable bonds is 3. The molecule has 0 aromatic heterocycles. The third-order valence-electron chi connectivity index (χ3n) is 3.07. The Balaban J connectivity index is 1.96. The summed E-state index contributed by atoms with van der Waals surface area (Å²) in [6.45, 7) is 2.69. The zero-order valence-corrected chi connectivity index (χ0v) is 8.68. The quantitative estimate of drug-likeness (QED) is 0.646. The molecule has 0 radical (unpaired) electrons. The second kappa shape index (κ2) is 3.22. The van der Waals surface area contributed by atoms with E-state index in [9.17, 15) is 8.42 Å². The van der Waals surface area contributed by atoms with Crippen molar-refractivity contribution in [2.24, 2.45) is 0 Å². The van der Waals surface area contributed by atoms with E-state index < -0.39 is 9.84 Å². The average Bonchev–Trinajstić information content (AvgIpc) is 2.55. The summed E-state index contributed by atoms with van der Waals surface area (Å²) in [5.41, 5.74) is 0. The van der Waals surface area contributed by atoms with Crippen molar-refractivity contribution in [3.63, 3.8) is 0 Å². The van der Waals surface area contributed by atoms with Crippen LogP contribution in [0.15, 0.2) is 0 Å². The van der Waals surface area contributed by atoms with E-state index in [1.807, 2.05) is 7.05 Å². The molecular formula is C8H16N2O2S. The fourth-order valence-corrected chi connectivity index (χ4v) is 4.39. The van der Waals surface area contributed by atoms with Crippen molar-refractivity contribution >= 4 is 9.84 Å². The van der Waals surface area contributed by atoms with Crippen LogP contribution in [0.1, 0.15) is 6.42 Å². The standard InChI is InChI=1S/C8H16N2O2S/c1-9-2-3-10-5-8-4-7(10)6-13(8,11)12/h7-9H,2-6H2,1H3. The van der Waals surface area contributed by atoms with Gasteiger partial charge in [-0.15, -0.1) is 0 Å². The normalized spacial score (nSPS) is 37.0. The van der Waals surface area contributed by atoms with Crippen LogP contribution in [0.4, 0.5) is 0 Å². The highest BCUT2D eigenvalue weighted by Crippen LogP contribution is 2.32. The highest BCUT2D eigenvalue weighted by atomic mass is 32.2. The van der Waals surface area contributed by atoms with Crippen molar-refractivity contribution < 1.29 is 8.42 Å². The molecule has 2 heterocycles. The molecule has 0 aromatic rings. The lowest BCUT2D eigenvalue weighted by Crippen LogP contribution is -2.43. The first kappa shape index (κ1) is 9.43. The Morgan fingerprint density at radius 1 is 1.54 bits per heavy atom. The minimum Gasteiger partial charge on any atom is -0.318 e. The molecule has 2 aliphatic heterocycles. The van der Waals surface area contributed by atoms with Crippen LogP contribution in [0.3, 0.4) is 0 Å². The molecular weight excluding hydrogens is 188 g/mol. The first-order valence-corrected chi connectivity index (χ1v) is 6.45. The summed E-state index contributed by atoms with van der Waals surface area (Å²) < 4.78 is 22.8. The van der Waals surface area contributed by atoms with Gasteiger partial charge in [0.05, 0.1) is 11.0 Å². The number of sulfone groups is 1. The zero-order valence-electron chi connectivity index (χ0n) is 7.86. The molecule has 0 amide bonds. The minimum atomic E-state index is -2.71. The maximum Gasteiger partial charge on any atom is 0.156 e. The van der Waals surface area contributed by atoms with E-state index in [1.165, 1.54) is 0 Å². The molecule has 4 nitrogen and oxygen atoms in total. The Hall–Kier alpha value is -0.130. The van der Waals surface area contributed by atoms with Crippen molar-refractivity contribution in [3.05, 3.63) is 0 Å². The third kappa shape index (κ3) is 1.60.